The smallest absolute Gasteiger partial charge is 0.115 e. The molecule has 2 atom stereocenters. The molecule has 0 bridgehead atoms. The molecule has 0 aliphatic carbocycles. The molecule has 4 heterocycles. The summed E-state index contributed by atoms with van der Waals surface area (Å²) in [6.45, 7) is 3.65. The second-order valence-electron chi connectivity index (χ2n) is 7.44. The lowest BCUT2D eigenvalue weighted by molar-refractivity contribution is 0.192. The molecule has 6 heteroatoms. The number of aromatic nitrogens is 3. The summed E-state index contributed by atoms with van der Waals surface area (Å²) in [6.07, 6.45) is 4.00. The molecule has 2 unspecified atom stereocenters. The van der Waals surface area contributed by atoms with E-state index in [9.17, 15) is 5.26 Å². The number of nitriles is 1. The Hall–Kier alpha value is -2.49. The van der Waals surface area contributed by atoms with Gasteiger partial charge in [-0.15, -0.1) is 0 Å². The van der Waals surface area contributed by atoms with Crippen LogP contribution < -0.4 is 0 Å². The van der Waals surface area contributed by atoms with Crippen LogP contribution in [0, 0.1) is 11.3 Å². The topological polar surface area (TPSA) is 67.0 Å². The maximum absolute atomic E-state index is 9.35. The third-order valence-electron chi connectivity index (χ3n) is 5.70. The van der Waals surface area contributed by atoms with E-state index in [0.29, 0.717) is 17.5 Å². The third-order valence-corrected chi connectivity index (χ3v) is 5.70. The van der Waals surface area contributed by atoms with Gasteiger partial charge < -0.3 is 14.2 Å². The Kier molecular flexibility index (Phi) is 3.66. The van der Waals surface area contributed by atoms with Gasteiger partial charge in [-0.25, -0.2) is 4.98 Å². The number of benzene rings is 1. The number of hydrogen-bond acceptors (Lipinski definition) is 5. The zero-order valence-corrected chi connectivity index (χ0v) is 14.9. The molecule has 2 fully saturated rings. The van der Waals surface area contributed by atoms with E-state index >= 15 is 0 Å². The lowest BCUT2D eigenvalue weighted by Crippen LogP contribution is -2.19. The molecule has 5 rings (SSSR count). The van der Waals surface area contributed by atoms with Crippen molar-refractivity contribution in [2.75, 3.05) is 33.4 Å². The largest absolute Gasteiger partial charge is 0.381 e. The number of likely N-dealkylation sites (tertiary alicyclic amines) is 1. The molecule has 26 heavy (non-hydrogen) atoms. The Morgan fingerprint density at radius 2 is 2.19 bits per heavy atom. The Balaban J connectivity index is 1.81. The second-order valence-corrected chi connectivity index (χ2v) is 7.44. The van der Waals surface area contributed by atoms with Crippen molar-refractivity contribution >= 4 is 21.9 Å². The van der Waals surface area contributed by atoms with Crippen LogP contribution in [0.1, 0.15) is 36.2 Å². The van der Waals surface area contributed by atoms with Crippen LogP contribution in [0.15, 0.2) is 24.4 Å². The van der Waals surface area contributed by atoms with E-state index in [-0.39, 0.29) is 0 Å². The zero-order chi connectivity index (χ0) is 17.7. The number of fused-ring (bicyclic) bond motifs is 3. The number of pyridine rings is 1. The summed E-state index contributed by atoms with van der Waals surface area (Å²) >= 11 is 0. The first-order valence-electron chi connectivity index (χ1n) is 9.21. The third kappa shape index (κ3) is 2.39. The lowest BCUT2D eigenvalue weighted by atomic mass is 10.1. The first-order valence-corrected chi connectivity index (χ1v) is 9.21. The van der Waals surface area contributed by atoms with E-state index in [1.807, 2.05) is 24.4 Å². The van der Waals surface area contributed by atoms with Crippen LogP contribution in [0.5, 0.6) is 0 Å². The van der Waals surface area contributed by atoms with Gasteiger partial charge in [0.2, 0.25) is 0 Å². The van der Waals surface area contributed by atoms with Crippen LogP contribution in [0.2, 0.25) is 0 Å². The maximum Gasteiger partial charge on any atom is 0.115 e. The van der Waals surface area contributed by atoms with E-state index in [2.05, 4.69) is 27.6 Å². The fourth-order valence-electron chi connectivity index (χ4n) is 4.38. The van der Waals surface area contributed by atoms with Crippen molar-refractivity contribution < 1.29 is 4.74 Å². The van der Waals surface area contributed by atoms with E-state index in [1.54, 1.807) is 0 Å². The Labute approximate surface area is 152 Å². The van der Waals surface area contributed by atoms with Gasteiger partial charge in [0.05, 0.1) is 35.5 Å². The molecule has 2 saturated heterocycles. The molecule has 1 aromatic carbocycles. The minimum absolute atomic E-state index is 0.336. The summed E-state index contributed by atoms with van der Waals surface area (Å²) in [4.78, 5) is 11.9. The average molecular weight is 347 g/mol. The summed E-state index contributed by atoms with van der Waals surface area (Å²) in [5.41, 5.74) is 3.62. The number of ether oxygens (including phenoxy) is 1. The maximum atomic E-state index is 9.35. The van der Waals surface area contributed by atoms with Gasteiger partial charge in [0.15, 0.2) is 0 Å². The van der Waals surface area contributed by atoms with Gasteiger partial charge in [-0.3, -0.25) is 4.98 Å². The van der Waals surface area contributed by atoms with Crippen molar-refractivity contribution in [2.45, 2.75) is 24.8 Å². The van der Waals surface area contributed by atoms with E-state index < -0.39 is 0 Å². The van der Waals surface area contributed by atoms with E-state index in [0.717, 1.165) is 66.9 Å². The minimum Gasteiger partial charge on any atom is -0.381 e. The monoisotopic (exact) mass is 347 g/mol. The molecule has 2 aliphatic heterocycles. The minimum atomic E-state index is 0.336. The van der Waals surface area contributed by atoms with Crippen LogP contribution >= 0.6 is 0 Å². The van der Waals surface area contributed by atoms with E-state index in [4.69, 9.17) is 9.72 Å². The number of imidazole rings is 1. The zero-order valence-electron chi connectivity index (χ0n) is 14.9. The molecular weight excluding hydrogens is 326 g/mol. The second kappa shape index (κ2) is 6.04. The highest BCUT2D eigenvalue weighted by Gasteiger charge is 2.31. The van der Waals surface area contributed by atoms with E-state index in [1.165, 1.54) is 0 Å². The first kappa shape index (κ1) is 15.7. The number of likely N-dealkylation sites (N-methyl/N-ethyl adjacent to an activating group) is 1. The Morgan fingerprint density at radius 1 is 1.27 bits per heavy atom. The molecule has 0 spiro atoms. The van der Waals surface area contributed by atoms with Gasteiger partial charge in [-0.2, -0.15) is 5.26 Å². The van der Waals surface area contributed by atoms with Crippen molar-refractivity contribution in [1.82, 2.24) is 19.4 Å². The molecule has 6 nitrogen and oxygen atoms in total. The predicted octanol–water partition coefficient (Wildman–Crippen LogP) is 2.84. The van der Waals surface area contributed by atoms with Crippen molar-refractivity contribution in [3.63, 3.8) is 0 Å². The van der Waals surface area contributed by atoms with Gasteiger partial charge in [0.25, 0.3) is 0 Å². The Morgan fingerprint density at radius 3 is 2.92 bits per heavy atom. The van der Waals surface area contributed by atoms with Crippen molar-refractivity contribution in [2.24, 2.45) is 0 Å². The number of rotatable bonds is 2. The summed E-state index contributed by atoms with van der Waals surface area (Å²) in [7, 11) is 2.17. The van der Waals surface area contributed by atoms with Crippen molar-refractivity contribution in [1.29, 1.82) is 5.26 Å². The van der Waals surface area contributed by atoms with Crippen LogP contribution in [0.25, 0.3) is 21.9 Å². The standard InChI is InChI=1S/C20H21N5O/c1-24-6-4-15(11-24)25-19-16-8-13(9-21)2-3-17(16)22-10-18(19)23-20(25)14-5-7-26-12-14/h2-3,8,10,14-15H,4-7,11-12H2,1H3. The van der Waals surface area contributed by atoms with Crippen molar-refractivity contribution in [3.05, 3.63) is 35.8 Å². The van der Waals surface area contributed by atoms with Crippen LogP contribution in [0.4, 0.5) is 0 Å². The molecule has 2 aromatic heterocycles. The number of nitrogens with zero attached hydrogens (tertiary/aromatic N) is 5. The number of hydrogen-bond donors (Lipinski definition) is 0. The molecule has 0 amide bonds. The summed E-state index contributed by atoms with van der Waals surface area (Å²) in [5, 5.41) is 10.4. The quantitative estimate of drug-likeness (QED) is 0.713. The SMILES string of the molecule is CN1CCC(n2c(C3CCOC3)nc3cnc4ccc(C#N)cc4c32)C1. The highest BCUT2D eigenvalue weighted by Crippen LogP contribution is 2.36. The summed E-state index contributed by atoms with van der Waals surface area (Å²) in [5.74, 6) is 1.46. The molecule has 3 aromatic rings. The van der Waals surface area contributed by atoms with Gasteiger partial charge in [0.1, 0.15) is 11.3 Å². The lowest BCUT2D eigenvalue weighted by Gasteiger charge is -2.20. The average Bonchev–Trinajstić information content (AvgIpc) is 3.39. The van der Waals surface area contributed by atoms with Crippen molar-refractivity contribution in [3.8, 4) is 6.07 Å². The van der Waals surface area contributed by atoms with Crippen LogP contribution in [0.3, 0.4) is 0 Å². The van der Waals surface area contributed by atoms with Crippen LogP contribution in [-0.4, -0.2) is 52.8 Å². The van der Waals surface area contributed by atoms with Gasteiger partial charge in [-0.05, 0) is 44.6 Å². The Bertz CT molecular complexity index is 1030. The highest BCUT2D eigenvalue weighted by molar-refractivity contribution is 6.03. The molecule has 2 aliphatic rings. The van der Waals surface area contributed by atoms with Gasteiger partial charge in [0, 0.05) is 30.5 Å². The summed E-state index contributed by atoms with van der Waals surface area (Å²) in [6, 6.07) is 8.38. The summed E-state index contributed by atoms with van der Waals surface area (Å²) < 4.78 is 8.08. The highest BCUT2D eigenvalue weighted by atomic mass is 16.5. The predicted molar refractivity (Wildman–Crippen MR) is 99.1 cm³/mol. The normalized spacial score (nSPS) is 23.8. The molecule has 0 N–H and O–H groups in total. The van der Waals surface area contributed by atoms with Gasteiger partial charge >= 0.3 is 0 Å². The van der Waals surface area contributed by atoms with Gasteiger partial charge in [-0.1, -0.05) is 0 Å². The fourth-order valence-corrected chi connectivity index (χ4v) is 4.38. The molecule has 0 saturated carbocycles. The molecule has 132 valence electrons. The first-order chi connectivity index (χ1) is 12.7. The fraction of sp³-hybridized carbons (Fsp3) is 0.450. The molecule has 0 radical (unpaired) electrons. The molecular formula is C20H21N5O. The van der Waals surface area contributed by atoms with Crippen LogP contribution in [-0.2, 0) is 4.74 Å².